The van der Waals surface area contributed by atoms with Gasteiger partial charge in [0.2, 0.25) is 0 Å². The number of rotatable bonds is 9. The molecule has 0 unspecified atom stereocenters. The minimum Gasteiger partial charge on any atom is -0.457 e. The highest BCUT2D eigenvalue weighted by atomic mass is 16.5. The van der Waals surface area contributed by atoms with Crippen LogP contribution in [0.5, 0.6) is 11.5 Å². The van der Waals surface area contributed by atoms with Gasteiger partial charge in [0.1, 0.15) is 11.5 Å². The predicted molar refractivity (Wildman–Crippen MR) is 394 cm³/mol. The zero-order valence-electron chi connectivity index (χ0n) is 52.6. The minimum atomic E-state index is -0.800. The van der Waals surface area contributed by atoms with Gasteiger partial charge >= 0.3 is 0 Å². The second-order valence-electron chi connectivity index (χ2n) is 26.2. The third-order valence-electron chi connectivity index (χ3n) is 20.0. The van der Waals surface area contributed by atoms with E-state index in [1.807, 2.05) is 0 Å². The molecule has 14 aromatic carbocycles. The monoisotopic (exact) mass is 1200 g/mol. The zero-order valence-corrected chi connectivity index (χ0v) is 52.6. The van der Waals surface area contributed by atoms with Gasteiger partial charge in [-0.25, -0.2) is 0 Å². The highest BCUT2D eigenvalue weighted by Crippen LogP contribution is 2.59. The standard InChI is InChI=1S/C89H64BN3O/c1-88(2,3)65-54-81-85-82(55-65)93(87-69(61-34-14-6-15-35-61)46-29-47-70(87)62-36-16-7-17-37-62)80-58-84-74(89(63-38-18-8-19-39-63,64-40-20-9-21-41-64)73-48-24-27-51-83(73)94-84)57-76(80)90(85)75-53-52-66(91-77-49-25-22-42-71(77)72-43-23-26-50-78(72)91)56-79(75)92(81)86-67(59-30-10-4-11-31-59)44-28-45-68(86)60-32-12-5-13-33-60/h4-58H,1-3H3. The van der Waals surface area contributed by atoms with Crippen molar-refractivity contribution in [2.45, 2.75) is 31.6 Å². The average molecular weight is 1200 g/mol. The second-order valence-corrected chi connectivity index (χ2v) is 26.2. The van der Waals surface area contributed by atoms with E-state index in [1.54, 1.807) is 0 Å². The Labute approximate surface area is 549 Å². The Morgan fingerprint density at radius 1 is 0.330 bits per heavy atom. The molecule has 0 bridgehead atoms. The van der Waals surface area contributed by atoms with Crippen molar-refractivity contribution in [2.75, 3.05) is 9.80 Å². The summed E-state index contributed by atoms with van der Waals surface area (Å²) in [7, 11) is 0. The minimum absolute atomic E-state index is 0.302. The predicted octanol–water partition coefficient (Wildman–Crippen LogP) is 21.3. The summed E-state index contributed by atoms with van der Waals surface area (Å²) in [5.41, 5.74) is 27.3. The average Bonchev–Trinajstić information content (AvgIpc) is 0.770. The quantitative estimate of drug-likeness (QED) is 0.134. The van der Waals surface area contributed by atoms with Crippen LogP contribution < -0.4 is 30.9 Å². The first-order chi connectivity index (χ1) is 46.3. The van der Waals surface area contributed by atoms with Crippen LogP contribution in [0.3, 0.4) is 0 Å². The van der Waals surface area contributed by atoms with Gasteiger partial charge in [0.15, 0.2) is 0 Å². The van der Waals surface area contributed by atoms with Gasteiger partial charge in [-0.15, -0.1) is 0 Å². The largest absolute Gasteiger partial charge is 0.457 e. The van der Waals surface area contributed by atoms with Crippen LogP contribution in [0.25, 0.3) is 72.0 Å². The van der Waals surface area contributed by atoms with Crippen LogP contribution >= 0.6 is 0 Å². The van der Waals surface area contributed by atoms with E-state index in [-0.39, 0.29) is 12.1 Å². The Morgan fingerprint density at radius 3 is 1.21 bits per heavy atom. The molecule has 15 aromatic rings. The molecule has 0 spiro atoms. The van der Waals surface area contributed by atoms with E-state index in [4.69, 9.17) is 4.74 Å². The number of hydrogen-bond acceptors (Lipinski definition) is 3. The Balaban J connectivity index is 1.04. The van der Waals surface area contributed by atoms with Crippen LogP contribution in [0.4, 0.5) is 34.1 Å². The number of fused-ring (bicyclic) bond motifs is 9. The molecule has 0 fully saturated rings. The fraction of sp³-hybridized carbons (Fsp3) is 0.0562. The number of aromatic nitrogens is 1. The number of anilines is 6. The van der Waals surface area contributed by atoms with Crippen LogP contribution in [0.2, 0.25) is 0 Å². The summed E-state index contributed by atoms with van der Waals surface area (Å²) in [5, 5.41) is 2.44. The maximum absolute atomic E-state index is 7.57. The van der Waals surface area contributed by atoms with Crippen molar-refractivity contribution in [1.29, 1.82) is 0 Å². The summed E-state index contributed by atoms with van der Waals surface area (Å²) in [6.45, 7) is 6.81. The van der Waals surface area contributed by atoms with Gasteiger partial charge in [0.25, 0.3) is 6.71 Å². The number of para-hydroxylation sites is 5. The van der Waals surface area contributed by atoms with E-state index in [0.717, 1.165) is 118 Å². The normalized spacial score (nSPS) is 13.4. The van der Waals surface area contributed by atoms with E-state index in [0.29, 0.717) is 0 Å². The first-order valence-electron chi connectivity index (χ1n) is 32.8. The Kier molecular flexibility index (Phi) is 12.8. The van der Waals surface area contributed by atoms with Crippen LogP contribution in [0, 0.1) is 0 Å². The third kappa shape index (κ3) is 8.47. The lowest BCUT2D eigenvalue weighted by atomic mass is 9.33. The van der Waals surface area contributed by atoms with Gasteiger partial charge in [-0.3, -0.25) is 0 Å². The fourth-order valence-corrected chi connectivity index (χ4v) is 15.9. The maximum atomic E-state index is 7.57. The van der Waals surface area contributed by atoms with E-state index in [1.165, 1.54) is 43.9 Å². The number of hydrogen-bond donors (Lipinski definition) is 0. The van der Waals surface area contributed by atoms with E-state index in [9.17, 15) is 0 Å². The first-order valence-corrected chi connectivity index (χ1v) is 32.8. The summed E-state index contributed by atoms with van der Waals surface area (Å²) in [6.07, 6.45) is 0. The Morgan fingerprint density at radius 2 is 0.745 bits per heavy atom. The first kappa shape index (κ1) is 55.2. The Bertz CT molecular complexity index is 5240. The second kappa shape index (κ2) is 21.8. The highest BCUT2D eigenvalue weighted by molar-refractivity contribution is 7.00. The van der Waals surface area contributed by atoms with Gasteiger partial charge in [0.05, 0.1) is 27.8 Å². The summed E-state index contributed by atoms with van der Waals surface area (Å²) >= 11 is 0. The van der Waals surface area contributed by atoms with Crippen molar-refractivity contribution < 1.29 is 4.74 Å². The molecule has 0 aliphatic carbocycles. The van der Waals surface area contributed by atoms with Crippen molar-refractivity contribution >= 4 is 79.0 Å². The van der Waals surface area contributed by atoms with Crippen molar-refractivity contribution in [3.63, 3.8) is 0 Å². The van der Waals surface area contributed by atoms with Crippen molar-refractivity contribution in [3.8, 4) is 61.7 Å². The van der Waals surface area contributed by atoms with E-state index >= 15 is 0 Å². The molecule has 5 heteroatoms. The number of nitrogens with zero attached hydrogens (tertiary/aromatic N) is 3. The molecule has 94 heavy (non-hydrogen) atoms. The molecule has 18 rings (SSSR count). The molecule has 444 valence electrons. The summed E-state index contributed by atoms with van der Waals surface area (Å²) in [4.78, 5) is 5.33. The van der Waals surface area contributed by atoms with Gasteiger partial charge in [0, 0.05) is 78.7 Å². The van der Waals surface area contributed by atoms with Crippen molar-refractivity contribution in [1.82, 2.24) is 4.57 Å². The number of benzene rings is 14. The molecule has 4 nitrogen and oxygen atoms in total. The van der Waals surface area contributed by atoms with Gasteiger partial charge in [-0.1, -0.05) is 306 Å². The van der Waals surface area contributed by atoms with Crippen LogP contribution in [0.1, 0.15) is 48.6 Å². The lowest BCUT2D eigenvalue weighted by molar-refractivity contribution is 0.435. The molecule has 3 aliphatic rings. The molecule has 1 aromatic heterocycles. The zero-order chi connectivity index (χ0) is 62.7. The lowest BCUT2D eigenvalue weighted by Crippen LogP contribution is -2.62. The van der Waals surface area contributed by atoms with Gasteiger partial charge in [-0.05, 0) is 103 Å². The molecule has 0 saturated carbocycles. The molecular weight excluding hydrogens is 1140 g/mol. The lowest BCUT2D eigenvalue weighted by Gasteiger charge is -2.48. The molecule has 0 radical (unpaired) electrons. The molecule has 0 saturated heterocycles. The molecule has 0 amide bonds. The molecule has 3 aliphatic heterocycles. The maximum Gasteiger partial charge on any atom is 0.252 e. The molecule has 4 heterocycles. The highest BCUT2D eigenvalue weighted by Gasteiger charge is 2.51. The van der Waals surface area contributed by atoms with Gasteiger partial charge in [-0.2, -0.15) is 0 Å². The summed E-state index contributed by atoms with van der Waals surface area (Å²) in [6, 6.07) is 124. The number of ether oxygens (including phenoxy) is 1. The topological polar surface area (TPSA) is 20.6 Å². The SMILES string of the molecule is CC(C)(C)c1cc2c3c(c1)N(c1c(-c4ccccc4)cccc1-c1ccccc1)c1cc4c(cc1B3c1ccc(-n3c5ccccc5c5ccccc53)cc1N2c1c(-c2ccccc2)cccc1-c1ccccc1)C(c1ccccc1)(c1ccccc1)c1ccccc1O4. The van der Waals surface area contributed by atoms with Crippen LogP contribution in [-0.4, -0.2) is 11.3 Å². The van der Waals surface area contributed by atoms with Crippen LogP contribution in [0.15, 0.2) is 334 Å². The molecule has 0 N–H and O–H groups in total. The Hall–Kier alpha value is -11.7. The smallest absolute Gasteiger partial charge is 0.252 e. The van der Waals surface area contributed by atoms with Crippen molar-refractivity contribution in [2.24, 2.45) is 0 Å². The van der Waals surface area contributed by atoms with E-state index in [2.05, 4.69) is 369 Å². The summed E-state index contributed by atoms with van der Waals surface area (Å²) < 4.78 is 10.1. The van der Waals surface area contributed by atoms with E-state index < -0.39 is 5.41 Å². The molecular formula is C89H64BN3O. The third-order valence-corrected chi connectivity index (χ3v) is 20.0. The van der Waals surface area contributed by atoms with Gasteiger partial charge < -0.3 is 19.1 Å². The fourth-order valence-electron chi connectivity index (χ4n) is 15.9. The molecule has 0 atom stereocenters. The van der Waals surface area contributed by atoms with Crippen molar-refractivity contribution in [3.05, 3.63) is 361 Å². The summed E-state index contributed by atoms with van der Waals surface area (Å²) in [5.74, 6) is 1.65. The van der Waals surface area contributed by atoms with Crippen LogP contribution in [-0.2, 0) is 10.8 Å².